The van der Waals surface area contributed by atoms with E-state index in [1.807, 2.05) is 18.2 Å². The molecule has 122 valence electrons. The molecule has 0 aliphatic carbocycles. The number of hydrogen-bond donors (Lipinski definition) is 1. The molecule has 0 saturated carbocycles. The Morgan fingerprint density at radius 2 is 1.26 bits per heavy atom. The Hall–Kier alpha value is -2.21. The molecule has 0 amide bonds. The molecule has 23 heavy (non-hydrogen) atoms. The molecular formula is C17H21N3O2S. The molecule has 6 heteroatoms. The number of rotatable bonds is 4. The number of para-hydroxylation sites is 1. The summed E-state index contributed by atoms with van der Waals surface area (Å²) in [7, 11) is -3.22. The lowest BCUT2D eigenvalue weighted by Crippen LogP contribution is -2.46. The summed E-state index contributed by atoms with van der Waals surface area (Å²) in [6.45, 7) is 3.86. The summed E-state index contributed by atoms with van der Waals surface area (Å²) in [6.07, 6.45) is 1.16. The Morgan fingerprint density at radius 3 is 1.74 bits per heavy atom. The van der Waals surface area contributed by atoms with Crippen LogP contribution in [0.25, 0.3) is 0 Å². The summed E-state index contributed by atoms with van der Waals surface area (Å²) in [6, 6.07) is 18.0. The number of benzene rings is 2. The average Bonchev–Trinajstić information content (AvgIpc) is 2.55. The third-order valence-corrected chi connectivity index (χ3v) is 4.54. The first kappa shape index (κ1) is 15.7. The van der Waals surface area contributed by atoms with E-state index in [9.17, 15) is 8.42 Å². The summed E-state index contributed by atoms with van der Waals surface area (Å²) < 4.78 is 24.9. The molecule has 0 unspecified atom stereocenters. The number of nitrogens with one attached hydrogen (secondary N) is 1. The Kier molecular flexibility index (Phi) is 4.43. The fraction of sp³-hybridized carbons (Fsp3) is 0.294. The zero-order chi connectivity index (χ0) is 16.3. The van der Waals surface area contributed by atoms with E-state index in [-0.39, 0.29) is 0 Å². The molecule has 3 rings (SSSR count). The van der Waals surface area contributed by atoms with Gasteiger partial charge in [-0.3, -0.25) is 4.72 Å². The van der Waals surface area contributed by atoms with Crippen LogP contribution in [0.4, 0.5) is 17.1 Å². The van der Waals surface area contributed by atoms with Crippen LogP contribution >= 0.6 is 0 Å². The first-order chi connectivity index (χ1) is 11.0. The van der Waals surface area contributed by atoms with Gasteiger partial charge < -0.3 is 9.80 Å². The number of nitrogens with zero attached hydrogens (tertiary/aromatic N) is 2. The van der Waals surface area contributed by atoms with Crippen molar-refractivity contribution < 1.29 is 8.42 Å². The van der Waals surface area contributed by atoms with Gasteiger partial charge in [0.25, 0.3) is 0 Å². The van der Waals surface area contributed by atoms with Crippen LogP contribution < -0.4 is 14.5 Å². The van der Waals surface area contributed by atoms with E-state index in [0.29, 0.717) is 5.69 Å². The minimum absolute atomic E-state index is 0.596. The van der Waals surface area contributed by atoms with Gasteiger partial charge in [-0.25, -0.2) is 8.42 Å². The Bertz CT molecular complexity index is 737. The molecule has 0 spiro atoms. The van der Waals surface area contributed by atoms with E-state index in [4.69, 9.17) is 0 Å². The first-order valence-electron chi connectivity index (χ1n) is 7.64. The van der Waals surface area contributed by atoms with Crippen LogP contribution in [0.15, 0.2) is 54.6 Å². The molecule has 0 atom stereocenters. The van der Waals surface area contributed by atoms with Gasteiger partial charge >= 0.3 is 0 Å². The van der Waals surface area contributed by atoms with E-state index >= 15 is 0 Å². The van der Waals surface area contributed by atoms with Gasteiger partial charge in [0.2, 0.25) is 10.0 Å². The minimum atomic E-state index is -3.22. The van der Waals surface area contributed by atoms with Gasteiger partial charge in [-0.1, -0.05) is 18.2 Å². The summed E-state index contributed by atoms with van der Waals surface area (Å²) in [5.41, 5.74) is 2.98. The van der Waals surface area contributed by atoms with Crippen molar-refractivity contribution in [3.05, 3.63) is 54.6 Å². The van der Waals surface area contributed by atoms with Crippen LogP contribution in [0.1, 0.15) is 0 Å². The van der Waals surface area contributed by atoms with Gasteiger partial charge in [-0.05, 0) is 36.4 Å². The van der Waals surface area contributed by atoms with Crippen molar-refractivity contribution in [3.8, 4) is 0 Å². The predicted octanol–water partition coefficient (Wildman–Crippen LogP) is 2.38. The Morgan fingerprint density at radius 1 is 0.783 bits per heavy atom. The molecule has 1 saturated heterocycles. The van der Waals surface area contributed by atoms with Gasteiger partial charge in [-0.2, -0.15) is 0 Å². The lowest BCUT2D eigenvalue weighted by molar-refractivity contribution is 0.607. The monoisotopic (exact) mass is 331 g/mol. The van der Waals surface area contributed by atoms with E-state index in [1.165, 1.54) is 5.69 Å². The average molecular weight is 331 g/mol. The van der Waals surface area contributed by atoms with Crippen molar-refractivity contribution in [2.45, 2.75) is 0 Å². The molecule has 1 aliphatic heterocycles. The van der Waals surface area contributed by atoms with Crippen molar-refractivity contribution in [2.75, 3.05) is 47.0 Å². The standard InChI is InChI=1S/C17H21N3O2S/c1-23(21,22)18-15-7-9-17(10-8-15)20-13-11-19(12-14-20)16-5-3-2-4-6-16/h2-10,18H,11-14H2,1H3. The SMILES string of the molecule is CS(=O)(=O)Nc1ccc(N2CCN(c3ccccc3)CC2)cc1. The van der Waals surface area contributed by atoms with Crippen molar-refractivity contribution in [3.63, 3.8) is 0 Å². The van der Waals surface area contributed by atoms with Gasteiger partial charge in [-0.15, -0.1) is 0 Å². The summed E-state index contributed by atoms with van der Waals surface area (Å²) in [5, 5.41) is 0. The zero-order valence-corrected chi connectivity index (χ0v) is 14.0. The lowest BCUT2D eigenvalue weighted by Gasteiger charge is -2.37. The molecule has 5 nitrogen and oxygen atoms in total. The van der Waals surface area contributed by atoms with E-state index in [0.717, 1.165) is 38.1 Å². The van der Waals surface area contributed by atoms with Crippen molar-refractivity contribution >= 4 is 27.1 Å². The molecule has 0 radical (unpaired) electrons. The fourth-order valence-corrected chi connectivity index (χ4v) is 3.38. The maximum atomic E-state index is 11.2. The molecule has 0 aromatic heterocycles. The van der Waals surface area contributed by atoms with E-state index in [2.05, 4.69) is 38.8 Å². The van der Waals surface area contributed by atoms with Gasteiger partial charge in [0, 0.05) is 43.2 Å². The number of hydrogen-bond acceptors (Lipinski definition) is 4. The molecule has 1 heterocycles. The second-order valence-corrected chi connectivity index (χ2v) is 7.48. The van der Waals surface area contributed by atoms with Crippen LogP contribution in [-0.2, 0) is 10.0 Å². The fourth-order valence-electron chi connectivity index (χ4n) is 2.82. The molecule has 1 N–H and O–H groups in total. The Balaban J connectivity index is 1.61. The topological polar surface area (TPSA) is 52.7 Å². The molecule has 2 aromatic carbocycles. The van der Waals surface area contributed by atoms with Gasteiger partial charge in [0.05, 0.1) is 6.26 Å². The first-order valence-corrected chi connectivity index (χ1v) is 9.53. The molecule has 0 bridgehead atoms. The molecular weight excluding hydrogens is 310 g/mol. The second-order valence-electron chi connectivity index (χ2n) is 5.73. The van der Waals surface area contributed by atoms with E-state index < -0.39 is 10.0 Å². The highest BCUT2D eigenvalue weighted by atomic mass is 32.2. The molecule has 1 fully saturated rings. The highest BCUT2D eigenvalue weighted by Crippen LogP contribution is 2.22. The van der Waals surface area contributed by atoms with Gasteiger partial charge in [0.1, 0.15) is 0 Å². The highest BCUT2D eigenvalue weighted by molar-refractivity contribution is 7.92. The maximum absolute atomic E-state index is 11.2. The number of anilines is 3. The lowest BCUT2D eigenvalue weighted by atomic mass is 10.2. The van der Waals surface area contributed by atoms with Crippen LogP contribution in [0.2, 0.25) is 0 Å². The van der Waals surface area contributed by atoms with Crippen LogP contribution in [0, 0.1) is 0 Å². The van der Waals surface area contributed by atoms with E-state index in [1.54, 1.807) is 12.1 Å². The highest BCUT2D eigenvalue weighted by Gasteiger charge is 2.17. The quantitative estimate of drug-likeness (QED) is 0.935. The summed E-state index contributed by atoms with van der Waals surface area (Å²) >= 11 is 0. The van der Waals surface area contributed by atoms with Crippen LogP contribution in [0.5, 0.6) is 0 Å². The van der Waals surface area contributed by atoms with Crippen LogP contribution in [0.3, 0.4) is 0 Å². The van der Waals surface area contributed by atoms with Crippen LogP contribution in [-0.4, -0.2) is 40.9 Å². The van der Waals surface area contributed by atoms with Crippen molar-refractivity contribution in [1.82, 2.24) is 0 Å². The normalized spacial score (nSPS) is 15.5. The largest absolute Gasteiger partial charge is 0.368 e. The number of sulfonamides is 1. The van der Waals surface area contributed by atoms with Crippen molar-refractivity contribution in [1.29, 1.82) is 0 Å². The summed E-state index contributed by atoms with van der Waals surface area (Å²) in [5.74, 6) is 0. The smallest absolute Gasteiger partial charge is 0.229 e. The molecule has 2 aromatic rings. The Labute approximate surface area is 137 Å². The number of piperazine rings is 1. The predicted molar refractivity (Wildman–Crippen MR) is 95.8 cm³/mol. The molecule has 1 aliphatic rings. The third kappa shape index (κ3) is 4.16. The second kappa shape index (κ2) is 6.50. The minimum Gasteiger partial charge on any atom is -0.368 e. The zero-order valence-electron chi connectivity index (χ0n) is 13.1. The maximum Gasteiger partial charge on any atom is 0.229 e. The third-order valence-electron chi connectivity index (χ3n) is 3.94. The summed E-state index contributed by atoms with van der Waals surface area (Å²) in [4.78, 5) is 4.71. The van der Waals surface area contributed by atoms with Gasteiger partial charge in [0.15, 0.2) is 0 Å². The van der Waals surface area contributed by atoms with Crippen molar-refractivity contribution in [2.24, 2.45) is 0 Å².